The number of nitrogens with zero attached hydrogens (tertiary/aromatic N) is 1. The summed E-state index contributed by atoms with van der Waals surface area (Å²) < 4.78 is 6.11. The van der Waals surface area contributed by atoms with Gasteiger partial charge in [0.05, 0.1) is 11.4 Å². The van der Waals surface area contributed by atoms with Crippen molar-refractivity contribution < 1.29 is 20.1 Å². The summed E-state index contributed by atoms with van der Waals surface area (Å²) >= 11 is 0. The Kier molecular flexibility index (Phi) is 5.88. The highest BCUT2D eigenvalue weighted by Gasteiger charge is 2.16. The van der Waals surface area contributed by atoms with Gasteiger partial charge in [0.25, 0.3) is 0 Å². The fourth-order valence-electron chi connectivity index (χ4n) is 4.06. The van der Waals surface area contributed by atoms with Crippen LogP contribution in [0.25, 0.3) is 0 Å². The van der Waals surface area contributed by atoms with E-state index >= 15 is 0 Å². The van der Waals surface area contributed by atoms with Gasteiger partial charge in [-0.2, -0.15) is 0 Å². The molecule has 4 rings (SSSR count). The van der Waals surface area contributed by atoms with Gasteiger partial charge in [0.1, 0.15) is 28.7 Å². The first-order valence-electron chi connectivity index (χ1n) is 10.7. The number of hydrogen-bond acceptors (Lipinski definition) is 5. The third kappa shape index (κ3) is 4.88. The van der Waals surface area contributed by atoms with Gasteiger partial charge in [-0.1, -0.05) is 0 Å². The summed E-state index contributed by atoms with van der Waals surface area (Å²) in [6.07, 6.45) is 0. The molecular weight excluding hydrogens is 414 g/mol. The zero-order valence-corrected chi connectivity index (χ0v) is 19.1. The molecule has 33 heavy (non-hydrogen) atoms. The van der Waals surface area contributed by atoms with Crippen LogP contribution in [0.4, 0.5) is 17.1 Å². The lowest BCUT2D eigenvalue weighted by molar-refractivity contribution is 0.458. The molecule has 0 spiro atoms. The molecule has 0 saturated carbocycles. The number of aromatic hydroxyl groups is 3. The van der Waals surface area contributed by atoms with Crippen LogP contribution in [0.1, 0.15) is 22.3 Å². The van der Waals surface area contributed by atoms with E-state index in [9.17, 15) is 15.3 Å². The lowest BCUT2D eigenvalue weighted by Crippen LogP contribution is -2.10. The fraction of sp³-hybridized carbons (Fsp3) is 0.143. The number of rotatable bonds is 5. The summed E-state index contributed by atoms with van der Waals surface area (Å²) in [5.41, 5.74) is 5.94. The van der Waals surface area contributed by atoms with Crippen molar-refractivity contribution in [2.24, 2.45) is 0 Å². The van der Waals surface area contributed by atoms with E-state index in [4.69, 9.17) is 4.74 Å². The van der Waals surface area contributed by atoms with Crippen molar-refractivity contribution >= 4 is 17.1 Å². The van der Waals surface area contributed by atoms with Gasteiger partial charge in [-0.25, -0.2) is 0 Å². The highest BCUT2D eigenvalue weighted by atomic mass is 16.5. The van der Waals surface area contributed by atoms with E-state index in [1.165, 1.54) is 0 Å². The Hall–Kier alpha value is -4.12. The van der Waals surface area contributed by atoms with E-state index < -0.39 is 0 Å². The highest BCUT2D eigenvalue weighted by molar-refractivity contribution is 5.78. The molecule has 0 radical (unpaired) electrons. The summed E-state index contributed by atoms with van der Waals surface area (Å²) in [5.74, 6) is 1.93. The monoisotopic (exact) mass is 441 g/mol. The van der Waals surface area contributed by atoms with Crippen molar-refractivity contribution in [2.45, 2.75) is 27.7 Å². The second-order valence-corrected chi connectivity index (χ2v) is 8.39. The van der Waals surface area contributed by atoms with Gasteiger partial charge in [0.2, 0.25) is 0 Å². The molecule has 0 aliphatic rings. The Balaban J connectivity index is 1.75. The second kappa shape index (κ2) is 8.79. The van der Waals surface area contributed by atoms with Crippen LogP contribution in [0.15, 0.2) is 72.8 Å². The first-order valence-corrected chi connectivity index (χ1v) is 10.7. The minimum absolute atomic E-state index is 0.171. The maximum Gasteiger partial charge on any atom is 0.133 e. The predicted molar refractivity (Wildman–Crippen MR) is 132 cm³/mol. The maximum atomic E-state index is 10.2. The lowest BCUT2D eigenvalue weighted by atomic mass is 10.1. The van der Waals surface area contributed by atoms with Crippen LogP contribution in [-0.2, 0) is 0 Å². The van der Waals surface area contributed by atoms with Gasteiger partial charge in [0.15, 0.2) is 0 Å². The number of hydrogen-bond donors (Lipinski definition) is 3. The van der Waals surface area contributed by atoms with Crippen LogP contribution < -0.4 is 9.64 Å². The van der Waals surface area contributed by atoms with Crippen molar-refractivity contribution in [3.05, 3.63) is 95.1 Å². The normalized spacial score (nSPS) is 10.8. The molecule has 0 atom stereocenters. The van der Waals surface area contributed by atoms with Crippen molar-refractivity contribution in [3.8, 4) is 28.7 Å². The number of ether oxygens (including phenoxy) is 1. The summed E-state index contributed by atoms with van der Waals surface area (Å²) in [5, 5.41) is 30.2. The van der Waals surface area contributed by atoms with E-state index in [2.05, 4.69) is 0 Å². The van der Waals surface area contributed by atoms with Gasteiger partial charge in [-0.3, -0.25) is 0 Å². The first kappa shape index (κ1) is 22.1. The predicted octanol–water partition coefficient (Wildman–Crippen LogP) is 7.30. The maximum absolute atomic E-state index is 10.2. The number of phenols is 3. The van der Waals surface area contributed by atoms with Crippen molar-refractivity contribution in [1.29, 1.82) is 0 Å². The van der Waals surface area contributed by atoms with Crippen molar-refractivity contribution in [1.82, 2.24) is 0 Å². The molecular formula is C28H27NO4. The van der Waals surface area contributed by atoms with Crippen LogP contribution in [0, 0.1) is 27.7 Å². The molecule has 4 aromatic carbocycles. The quantitative estimate of drug-likeness (QED) is 0.303. The molecule has 168 valence electrons. The Morgan fingerprint density at radius 2 is 1.00 bits per heavy atom. The van der Waals surface area contributed by atoms with Crippen LogP contribution >= 0.6 is 0 Å². The number of benzene rings is 4. The molecule has 0 unspecified atom stereocenters. The van der Waals surface area contributed by atoms with Crippen LogP contribution in [0.3, 0.4) is 0 Å². The summed E-state index contributed by atoms with van der Waals surface area (Å²) in [6, 6.07) is 21.7. The third-order valence-electron chi connectivity index (χ3n) is 5.37. The van der Waals surface area contributed by atoms with Gasteiger partial charge < -0.3 is 25.0 Å². The molecule has 0 amide bonds. The van der Waals surface area contributed by atoms with E-state index in [1.807, 2.05) is 69.0 Å². The molecule has 5 nitrogen and oxygen atoms in total. The summed E-state index contributed by atoms with van der Waals surface area (Å²) in [4.78, 5) is 1.97. The molecule has 0 aliphatic carbocycles. The Morgan fingerprint density at radius 3 is 1.45 bits per heavy atom. The fourth-order valence-corrected chi connectivity index (χ4v) is 4.06. The Morgan fingerprint density at radius 1 is 0.545 bits per heavy atom. The average molecular weight is 442 g/mol. The van der Waals surface area contributed by atoms with Crippen LogP contribution in [0.5, 0.6) is 28.7 Å². The number of aryl methyl sites for hydroxylation is 4. The van der Waals surface area contributed by atoms with Gasteiger partial charge >= 0.3 is 0 Å². The molecule has 5 heteroatoms. The Bertz CT molecular complexity index is 1200. The van der Waals surface area contributed by atoms with Crippen LogP contribution in [0.2, 0.25) is 0 Å². The zero-order valence-electron chi connectivity index (χ0n) is 19.1. The van der Waals surface area contributed by atoms with E-state index in [0.717, 1.165) is 39.3 Å². The summed E-state index contributed by atoms with van der Waals surface area (Å²) in [6.45, 7) is 7.64. The molecule has 0 fully saturated rings. The zero-order chi connectivity index (χ0) is 23.7. The van der Waals surface area contributed by atoms with Crippen molar-refractivity contribution in [2.75, 3.05) is 4.90 Å². The van der Waals surface area contributed by atoms with E-state index in [-0.39, 0.29) is 17.2 Å². The topological polar surface area (TPSA) is 73.2 Å². The molecule has 0 bridgehead atoms. The standard InChI is InChI=1S/C28H27NO4/c1-17-9-22(15-24(30)11-17)29(23-10-18(2)12-25(31)16-23)21-5-7-27(8-6-21)33-28-19(3)13-26(32)14-20(28)4/h5-16,30-32H,1-4H3. The highest BCUT2D eigenvalue weighted by Crippen LogP contribution is 2.40. The molecule has 0 saturated heterocycles. The summed E-state index contributed by atoms with van der Waals surface area (Å²) in [7, 11) is 0. The van der Waals surface area contributed by atoms with Gasteiger partial charge in [-0.05, 0) is 111 Å². The molecule has 0 heterocycles. The van der Waals surface area contributed by atoms with Gasteiger partial charge in [0, 0.05) is 17.8 Å². The van der Waals surface area contributed by atoms with Gasteiger partial charge in [-0.15, -0.1) is 0 Å². The molecule has 0 aromatic heterocycles. The molecule has 0 aliphatic heterocycles. The molecule has 3 N–H and O–H groups in total. The lowest BCUT2D eigenvalue weighted by Gasteiger charge is -2.26. The minimum Gasteiger partial charge on any atom is -0.508 e. The minimum atomic E-state index is 0.171. The van der Waals surface area contributed by atoms with Crippen LogP contribution in [-0.4, -0.2) is 15.3 Å². The van der Waals surface area contributed by atoms with E-state index in [0.29, 0.717) is 11.5 Å². The second-order valence-electron chi connectivity index (χ2n) is 8.39. The molecule has 4 aromatic rings. The third-order valence-corrected chi connectivity index (χ3v) is 5.37. The number of phenolic OH excluding ortho intramolecular Hbond substituents is 3. The average Bonchev–Trinajstić information content (AvgIpc) is 2.70. The largest absolute Gasteiger partial charge is 0.508 e. The SMILES string of the molecule is Cc1cc(O)cc(N(c2ccc(Oc3c(C)cc(O)cc3C)cc2)c2cc(C)cc(O)c2)c1. The number of anilines is 3. The van der Waals surface area contributed by atoms with E-state index in [1.54, 1.807) is 36.4 Å². The first-order chi connectivity index (χ1) is 15.7. The smallest absolute Gasteiger partial charge is 0.133 e. The van der Waals surface area contributed by atoms with Crippen molar-refractivity contribution in [3.63, 3.8) is 0 Å². The Labute approximate surface area is 193 Å².